The number of aryl methyl sites for hydroxylation is 1. The molecule has 0 radical (unpaired) electrons. The van der Waals surface area contributed by atoms with E-state index >= 15 is 0 Å². The molecule has 0 aliphatic carbocycles. The normalized spacial score (nSPS) is 11.2. The van der Waals surface area contributed by atoms with Crippen molar-refractivity contribution in [1.29, 1.82) is 0 Å². The Morgan fingerprint density at radius 2 is 1.76 bits per heavy atom. The summed E-state index contributed by atoms with van der Waals surface area (Å²) in [5.41, 5.74) is 0.847. The highest BCUT2D eigenvalue weighted by atomic mass is 19.4. The summed E-state index contributed by atoms with van der Waals surface area (Å²) >= 11 is 0. The van der Waals surface area contributed by atoms with E-state index < -0.39 is 12.1 Å². The number of nitrogens with zero attached hydrogens (tertiary/aromatic N) is 2. The molecule has 8 heteroatoms. The van der Waals surface area contributed by atoms with E-state index in [1.165, 1.54) is 43.4 Å². The molecule has 21 heavy (non-hydrogen) atoms. The molecule has 1 aromatic heterocycles. The summed E-state index contributed by atoms with van der Waals surface area (Å²) in [5, 5.41) is 5.75. The molecule has 110 valence electrons. The fraction of sp³-hybridized carbons (Fsp3) is 0.154. The molecule has 0 aliphatic rings. The van der Waals surface area contributed by atoms with Crippen molar-refractivity contribution in [2.24, 2.45) is 7.05 Å². The van der Waals surface area contributed by atoms with Gasteiger partial charge in [-0.2, -0.15) is 18.3 Å². The number of carbonyl (C=O) groups is 1. The molecule has 0 unspecified atom stereocenters. The molecule has 2 aromatic rings. The Hall–Kier alpha value is -2.64. The standard InChI is InChI=1S/C13H10F3N3O2/c1-19-11(20)7-6-10(18-19)8-2-4-9(5-3-8)17-12(21)13(14,15)16/h2-7H,1H3,(H,17,21). The number of halogens is 3. The van der Waals surface area contributed by atoms with Crippen LogP contribution in [-0.4, -0.2) is 21.9 Å². The van der Waals surface area contributed by atoms with Crippen molar-refractivity contribution in [1.82, 2.24) is 9.78 Å². The van der Waals surface area contributed by atoms with Crippen LogP contribution in [0.5, 0.6) is 0 Å². The van der Waals surface area contributed by atoms with Crippen molar-refractivity contribution in [2.45, 2.75) is 6.18 Å². The number of benzene rings is 1. The molecular formula is C13H10F3N3O2. The van der Waals surface area contributed by atoms with Gasteiger partial charge < -0.3 is 5.32 Å². The predicted molar refractivity (Wildman–Crippen MR) is 69.6 cm³/mol. The minimum absolute atomic E-state index is 0.0193. The van der Waals surface area contributed by atoms with Gasteiger partial charge in [0.15, 0.2) is 0 Å². The summed E-state index contributed by atoms with van der Waals surface area (Å²) in [6.07, 6.45) is -4.93. The second-order valence-electron chi connectivity index (χ2n) is 4.21. The number of aromatic nitrogens is 2. The Kier molecular flexibility index (Phi) is 3.79. The number of hydrogen-bond acceptors (Lipinski definition) is 3. The van der Waals surface area contributed by atoms with Crippen molar-refractivity contribution in [3.63, 3.8) is 0 Å². The molecule has 1 aromatic carbocycles. The number of amides is 1. The van der Waals surface area contributed by atoms with Crippen LogP contribution in [0.3, 0.4) is 0 Å². The first kappa shape index (κ1) is 14.8. The van der Waals surface area contributed by atoms with Gasteiger partial charge in [0.2, 0.25) is 0 Å². The van der Waals surface area contributed by atoms with Gasteiger partial charge in [-0.3, -0.25) is 9.59 Å². The number of anilines is 1. The smallest absolute Gasteiger partial charge is 0.318 e. The predicted octanol–water partition coefficient (Wildman–Crippen LogP) is 1.95. The van der Waals surface area contributed by atoms with Crippen LogP contribution in [0.1, 0.15) is 0 Å². The van der Waals surface area contributed by atoms with Gasteiger partial charge in [0, 0.05) is 24.4 Å². The third kappa shape index (κ3) is 3.47. The highest BCUT2D eigenvalue weighted by Crippen LogP contribution is 2.21. The molecule has 5 nitrogen and oxygen atoms in total. The lowest BCUT2D eigenvalue weighted by Gasteiger charge is -2.08. The second-order valence-corrected chi connectivity index (χ2v) is 4.21. The highest BCUT2D eigenvalue weighted by molar-refractivity contribution is 5.95. The summed E-state index contributed by atoms with van der Waals surface area (Å²) in [5.74, 6) is -2.03. The van der Waals surface area contributed by atoms with Crippen molar-refractivity contribution >= 4 is 11.6 Å². The molecule has 2 rings (SSSR count). The van der Waals surface area contributed by atoms with Crippen LogP contribution in [0, 0.1) is 0 Å². The number of rotatable bonds is 2. The van der Waals surface area contributed by atoms with Crippen LogP contribution >= 0.6 is 0 Å². The van der Waals surface area contributed by atoms with Crippen LogP contribution in [0.25, 0.3) is 11.3 Å². The number of hydrogen-bond donors (Lipinski definition) is 1. The highest BCUT2D eigenvalue weighted by Gasteiger charge is 2.38. The van der Waals surface area contributed by atoms with E-state index in [1.54, 1.807) is 5.32 Å². The Morgan fingerprint density at radius 1 is 1.14 bits per heavy atom. The van der Waals surface area contributed by atoms with Gasteiger partial charge in [-0.15, -0.1) is 0 Å². The molecule has 0 spiro atoms. The zero-order chi connectivity index (χ0) is 15.6. The summed E-state index contributed by atoms with van der Waals surface area (Å²) in [4.78, 5) is 22.0. The van der Waals surface area contributed by atoms with E-state index in [4.69, 9.17) is 0 Å². The number of alkyl halides is 3. The lowest BCUT2D eigenvalue weighted by Crippen LogP contribution is -2.29. The van der Waals surface area contributed by atoms with Crippen LogP contribution in [0.15, 0.2) is 41.2 Å². The molecule has 1 amide bonds. The maximum Gasteiger partial charge on any atom is 0.471 e. The molecule has 0 saturated carbocycles. The van der Waals surface area contributed by atoms with E-state index in [0.717, 1.165) is 4.68 Å². The zero-order valence-electron chi connectivity index (χ0n) is 10.8. The molecule has 0 aliphatic heterocycles. The van der Waals surface area contributed by atoms with Crippen molar-refractivity contribution in [2.75, 3.05) is 5.32 Å². The first-order chi connectivity index (χ1) is 9.77. The lowest BCUT2D eigenvalue weighted by atomic mass is 10.1. The average molecular weight is 297 g/mol. The summed E-state index contributed by atoms with van der Waals surface area (Å²) in [6, 6.07) is 8.49. The Balaban J connectivity index is 2.21. The van der Waals surface area contributed by atoms with Crippen LogP contribution in [0.2, 0.25) is 0 Å². The van der Waals surface area contributed by atoms with E-state index in [2.05, 4.69) is 5.10 Å². The Bertz CT molecular complexity index is 721. The third-order valence-electron chi connectivity index (χ3n) is 2.66. The van der Waals surface area contributed by atoms with E-state index in [0.29, 0.717) is 11.3 Å². The SMILES string of the molecule is Cn1nc(-c2ccc(NC(=O)C(F)(F)F)cc2)ccc1=O. The zero-order valence-corrected chi connectivity index (χ0v) is 10.8. The topological polar surface area (TPSA) is 64.0 Å². The fourth-order valence-electron chi connectivity index (χ4n) is 1.58. The van der Waals surface area contributed by atoms with Gasteiger partial charge in [0.05, 0.1) is 5.69 Å². The van der Waals surface area contributed by atoms with Gasteiger partial charge in [-0.05, 0) is 18.2 Å². The first-order valence-corrected chi connectivity index (χ1v) is 5.80. The number of carbonyl (C=O) groups excluding carboxylic acids is 1. The van der Waals surface area contributed by atoms with Gasteiger partial charge in [-0.25, -0.2) is 4.68 Å². The molecule has 0 bridgehead atoms. The molecule has 1 heterocycles. The molecule has 1 N–H and O–H groups in total. The van der Waals surface area contributed by atoms with E-state index in [-0.39, 0.29) is 11.2 Å². The van der Waals surface area contributed by atoms with Crippen LogP contribution in [0.4, 0.5) is 18.9 Å². The van der Waals surface area contributed by atoms with Gasteiger partial charge in [0.1, 0.15) is 0 Å². The fourth-order valence-corrected chi connectivity index (χ4v) is 1.58. The van der Waals surface area contributed by atoms with E-state index in [1.807, 2.05) is 0 Å². The molecule has 0 fully saturated rings. The van der Waals surface area contributed by atoms with Crippen molar-refractivity contribution < 1.29 is 18.0 Å². The summed E-state index contributed by atoms with van der Waals surface area (Å²) in [6.45, 7) is 0. The van der Waals surface area contributed by atoms with Crippen molar-refractivity contribution in [3.8, 4) is 11.3 Å². The lowest BCUT2D eigenvalue weighted by molar-refractivity contribution is -0.167. The quantitative estimate of drug-likeness (QED) is 0.921. The van der Waals surface area contributed by atoms with Crippen molar-refractivity contribution in [3.05, 3.63) is 46.8 Å². The summed E-state index contributed by atoms with van der Waals surface area (Å²) in [7, 11) is 1.49. The first-order valence-electron chi connectivity index (χ1n) is 5.80. The van der Waals surface area contributed by atoms with Crippen LogP contribution in [-0.2, 0) is 11.8 Å². The Morgan fingerprint density at radius 3 is 2.29 bits per heavy atom. The monoisotopic (exact) mass is 297 g/mol. The third-order valence-corrected chi connectivity index (χ3v) is 2.66. The number of nitrogens with one attached hydrogen (secondary N) is 1. The van der Waals surface area contributed by atoms with E-state index in [9.17, 15) is 22.8 Å². The van der Waals surface area contributed by atoms with Gasteiger partial charge in [-0.1, -0.05) is 12.1 Å². The largest absolute Gasteiger partial charge is 0.471 e. The second kappa shape index (κ2) is 5.39. The van der Waals surface area contributed by atoms with Gasteiger partial charge in [0.25, 0.3) is 5.56 Å². The summed E-state index contributed by atoms with van der Waals surface area (Å²) < 4.78 is 37.5. The maximum absolute atomic E-state index is 12.1. The Labute approximate surface area is 117 Å². The molecule has 0 saturated heterocycles. The molecule has 0 atom stereocenters. The minimum atomic E-state index is -4.93. The average Bonchev–Trinajstić information content (AvgIpc) is 2.42. The maximum atomic E-state index is 12.1. The van der Waals surface area contributed by atoms with Gasteiger partial charge >= 0.3 is 12.1 Å². The minimum Gasteiger partial charge on any atom is -0.318 e. The molecular weight excluding hydrogens is 287 g/mol. The van der Waals surface area contributed by atoms with Crippen LogP contribution < -0.4 is 10.9 Å².